The summed E-state index contributed by atoms with van der Waals surface area (Å²) in [4.78, 5) is 4.10. The topological polar surface area (TPSA) is 30.7 Å². The third kappa shape index (κ3) is 2.82. The summed E-state index contributed by atoms with van der Waals surface area (Å²) < 4.78 is 1.94. The largest absolute Gasteiger partial charge is 0.265 e. The number of nitrogens with zero attached hydrogens (tertiary/aromatic N) is 3. The molecule has 0 aliphatic heterocycles. The molecule has 0 amide bonds. The minimum absolute atomic E-state index is 0.708. The van der Waals surface area contributed by atoms with Gasteiger partial charge in [-0.25, -0.2) is 4.68 Å². The molecule has 3 nitrogen and oxygen atoms in total. The van der Waals surface area contributed by atoms with Gasteiger partial charge in [0, 0.05) is 28.5 Å². The summed E-state index contributed by atoms with van der Waals surface area (Å²) in [6, 6.07) is 23.9. The molecule has 2 aromatic heterocycles. The smallest absolute Gasteiger partial charge is 0.0934 e. The quantitative estimate of drug-likeness (QED) is 0.513. The normalized spacial score (nSPS) is 10.7. The fraction of sp³-hybridized carbons (Fsp3) is 0. The summed E-state index contributed by atoms with van der Waals surface area (Å²) in [5, 5.41) is 5.52. The monoisotopic (exact) mass is 331 g/mol. The van der Waals surface area contributed by atoms with Crippen molar-refractivity contribution in [2.75, 3.05) is 0 Å². The highest BCUT2D eigenvalue weighted by atomic mass is 35.5. The summed E-state index contributed by atoms with van der Waals surface area (Å²) in [7, 11) is 0. The molecule has 0 fully saturated rings. The third-order valence-electron chi connectivity index (χ3n) is 3.83. The number of aromatic nitrogens is 3. The van der Waals surface area contributed by atoms with Crippen LogP contribution in [0.5, 0.6) is 0 Å². The van der Waals surface area contributed by atoms with Crippen molar-refractivity contribution in [2.24, 2.45) is 0 Å². The Hall–Kier alpha value is -2.91. The van der Waals surface area contributed by atoms with Gasteiger partial charge in [-0.3, -0.25) is 4.98 Å². The van der Waals surface area contributed by atoms with E-state index in [4.69, 9.17) is 16.7 Å². The van der Waals surface area contributed by atoms with Crippen LogP contribution in [0.2, 0.25) is 5.02 Å². The van der Waals surface area contributed by atoms with Crippen LogP contribution in [0.15, 0.2) is 85.2 Å². The van der Waals surface area contributed by atoms with Crippen molar-refractivity contribution in [2.45, 2.75) is 0 Å². The van der Waals surface area contributed by atoms with Crippen molar-refractivity contribution in [1.82, 2.24) is 14.8 Å². The maximum Gasteiger partial charge on any atom is 0.0934 e. The maximum atomic E-state index is 6.02. The van der Waals surface area contributed by atoms with E-state index in [0.717, 1.165) is 28.2 Å². The van der Waals surface area contributed by atoms with Crippen molar-refractivity contribution in [3.63, 3.8) is 0 Å². The van der Waals surface area contributed by atoms with E-state index >= 15 is 0 Å². The molecule has 116 valence electrons. The van der Waals surface area contributed by atoms with E-state index in [2.05, 4.69) is 23.2 Å². The number of hydrogen-bond acceptors (Lipinski definition) is 2. The highest BCUT2D eigenvalue weighted by Gasteiger charge is 2.12. The molecule has 0 radical (unpaired) electrons. The van der Waals surface area contributed by atoms with E-state index in [1.807, 2.05) is 59.3 Å². The molecule has 0 aliphatic rings. The first-order valence-electron chi connectivity index (χ1n) is 7.63. The van der Waals surface area contributed by atoms with E-state index in [0.29, 0.717) is 5.02 Å². The molecular weight excluding hydrogens is 318 g/mol. The Kier molecular flexibility index (Phi) is 3.85. The van der Waals surface area contributed by atoms with Crippen molar-refractivity contribution >= 4 is 11.6 Å². The molecule has 0 saturated carbocycles. The first-order valence-corrected chi connectivity index (χ1v) is 8.01. The predicted molar refractivity (Wildman–Crippen MR) is 97.2 cm³/mol. The minimum Gasteiger partial charge on any atom is -0.265 e. The van der Waals surface area contributed by atoms with Gasteiger partial charge in [-0.1, -0.05) is 41.9 Å². The van der Waals surface area contributed by atoms with Crippen molar-refractivity contribution in [3.05, 3.63) is 90.2 Å². The third-order valence-corrected chi connectivity index (χ3v) is 4.08. The Morgan fingerprint density at radius 1 is 0.750 bits per heavy atom. The molecule has 0 N–H and O–H groups in total. The second-order valence-electron chi connectivity index (χ2n) is 5.40. The molecule has 0 atom stereocenters. The Morgan fingerprint density at radius 3 is 2.17 bits per heavy atom. The van der Waals surface area contributed by atoms with Gasteiger partial charge in [-0.05, 0) is 42.5 Å². The minimum atomic E-state index is 0.708. The van der Waals surface area contributed by atoms with Gasteiger partial charge in [-0.15, -0.1) is 0 Å². The summed E-state index contributed by atoms with van der Waals surface area (Å²) in [6.07, 6.45) is 3.58. The molecule has 0 bridgehead atoms. The van der Waals surface area contributed by atoms with E-state index in [9.17, 15) is 0 Å². The lowest BCUT2D eigenvalue weighted by molar-refractivity contribution is 0.891. The number of pyridine rings is 1. The molecule has 4 aromatic rings. The van der Waals surface area contributed by atoms with Gasteiger partial charge >= 0.3 is 0 Å². The molecule has 2 heterocycles. The average molecular weight is 332 g/mol. The lowest BCUT2D eigenvalue weighted by atomic mass is 10.1. The van der Waals surface area contributed by atoms with Crippen LogP contribution in [0.1, 0.15) is 0 Å². The number of hydrogen-bond donors (Lipinski definition) is 0. The van der Waals surface area contributed by atoms with Gasteiger partial charge in [-0.2, -0.15) is 5.10 Å². The highest BCUT2D eigenvalue weighted by molar-refractivity contribution is 6.30. The SMILES string of the molecule is Clc1ccc(-n2nc(-c3ccccc3)cc2-c2ccncc2)cc1. The van der Waals surface area contributed by atoms with E-state index < -0.39 is 0 Å². The van der Waals surface area contributed by atoms with Crippen LogP contribution in [0.25, 0.3) is 28.2 Å². The van der Waals surface area contributed by atoms with Crippen molar-refractivity contribution in [3.8, 4) is 28.2 Å². The van der Waals surface area contributed by atoms with E-state index in [1.165, 1.54) is 0 Å². The fourth-order valence-electron chi connectivity index (χ4n) is 2.64. The van der Waals surface area contributed by atoms with Gasteiger partial charge in [0.2, 0.25) is 0 Å². The second-order valence-corrected chi connectivity index (χ2v) is 5.84. The lowest BCUT2D eigenvalue weighted by Crippen LogP contribution is -1.99. The summed E-state index contributed by atoms with van der Waals surface area (Å²) in [5.74, 6) is 0. The molecular formula is C20H14ClN3. The number of rotatable bonds is 3. The van der Waals surface area contributed by atoms with Gasteiger partial charge < -0.3 is 0 Å². The van der Waals surface area contributed by atoms with Crippen LogP contribution in [0, 0.1) is 0 Å². The molecule has 24 heavy (non-hydrogen) atoms. The maximum absolute atomic E-state index is 6.02. The van der Waals surface area contributed by atoms with Crippen LogP contribution in [-0.2, 0) is 0 Å². The highest BCUT2D eigenvalue weighted by Crippen LogP contribution is 2.28. The fourth-order valence-corrected chi connectivity index (χ4v) is 2.76. The predicted octanol–water partition coefficient (Wildman–Crippen LogP) is 5.25. The Bertz CT molecular complexity index is 945. The summed E-state index contributed by atoms with van der Waals surface area (Å²) >= 11 is 6.02. The zero-order chi connectivity index (χ0) is 16.4. The van der Waals surface area contributed by atoms with Gasteiger partial charge in [0.25, 0.3) is 0 Å². The van der Waals surface area contributed by atoms with Crippen molar-refractivity contribution < 1.29 is 0 Å². The van der Waals surface area contributed by atoms with Gasteiger partial charge in [0.15, 0.2) is 0 Å². The second kappa shape index (κ2) is 6.30. The van der Waals surface area contributed by atoms with Gasteiger partial charge in [0.1, 0.15) is 0 Å². The first kappa shape index (κ1) is 14.7. The molecule has 4 heteroatoms. The lowest BCUT2D eigenvalue weighted by Gasteiger charge is -2.07. The zero-order valence-electron chi connectivity index (χ0n) is 12.8. The number of benzene rings is 2. The Morgan fingerprint density at radius 2 is 1.46 bits per heavy atom. The molecule has 0 unspecified atom stereocenters. The van der Waals surface area contributed by atoms with Crippen LogP contribution in [0.4, 0.5) is 0 Å². The molecule has 0 spiro atoms. The first-order chi connectivity index (χ1) is 11.8. The van der Waals surface area contributed by atoms with Gasteiger partial charge in [0.05, 0.1) is 17.1 Å². The Labute approximate surface area is 145 Å². The zero-order valence-corrected chi connectivity index (χ0v) is 13.6. The average Bonchev–Trinajstić information content (AvgIpc) is 3.09. The van der Waals surface area contributed by atoms with Crippen molar-refractivity contribution in [1.29, 1.82) is 0 Å². The molecule has 0 saturated heterocycles. The Balaban J connectivity index is 1.90. The number of halogens is 1. The van der Waals surface area contributed by atoms with E-state index in [-0.39, 0.29) is 0 Å². The van der Waals surface area contributed by atoms with Crippen LogP contribution in [0.3, 0.4) is 0 Å². The molecule has 2 aromatic carbocycles. The summed E-state index contributed by atoms with van der Waals surface area (Å²) in [6.45, 7) is 0. The molecule has 0 aliphatic carbocycles. The van der Waals surface area contributed by atoms with E-state index in [1.54, 1.807) is 12.4 Å². The van der Waals surface area contributed by atoms with Crippen LogP contribution in [-0.4, -0.2) is 14.8 Å². The molecule has 4 rings (SSSR count). The van der Waals surface area contributed by atoms with Crippen LogP contribution >= 0.6 is 11.6 Å². The standard InChI is InChI=1S/C20H14ClN3/c21-17-6-8-18(9-7-17)24-20(16-10-12-22-13-11-16)14-19(23-24)15-4-2-1-3-5-15/h1-14H. The van der Waals surface area contributed by atoms with Crippen LogP contribution < -0.4 is 0 Å². The summed E-state index contributed by atoms with van der Waals surface area (Å²) in [5.41, 5.74) is 5.06.